The van der Waals surface area contributed by atoms with Gasteiger partial charge in [-0.1, -0.05) is 20.8 Å². The molecular weight excluding hydrogens is 372 g/mol. The first-order valence-corrected chi connectivity index (χ1v) is 10.1. The van der Waals surface area contributed by atoms with Crippen LogP contribution in [0.3, 0.4) is 0 Å². The van der Waals surface area contributed by atoms with Gasteiger partial charge in [-0.3, -0.25) is 0 Å². The maximum absolute atomic E-state index is 8.93. The molecule has 2 aliphatic rings. The monoisotopic (exact) mass is 402 g/mol. The summed E-state index contributed by atoms with van der Waals surface area (Å²) >= 11 is 2.36. The van der Waals surface area contributed by atoms with Crippen LogP contribution in [0.25, 0.3) is 0 Å². The molecule has 1 aromatic carbocycles. The van der Waals surface area contributed by atoms with Gasteiger partial charge < -0.3 is 15.3 Å². The summed E-state index contributed by atoms with van der Waals surface area (Å²) in [6.45, 7) is 4.71. The standard InChI is InChI=1S/C17H15.3C2H5O.Ti/c1-2-8-14(9-3-1)17(15-10-4-5-11-15)16-12-6-7-13-16;3*1-2-3;/h1-10,12H,11,13H2;3*2H2,1H3;/q;3*-1;+3. The molecule has 0 unspecified atom stereocenters. The van der Waals surface area contributed by atoms with Crippen LogP contribution >= 0.6 is 0 Å². The summed E-state index contributed by atoms with van der Waals surface area (Å²) in [5.41, 5.74) is 4.40. The number of hydrogen-bond acceptors (Lipinski definition) is 3. The summed E-state index contributed by atoms with van der Waals surface area (Å²) in [5, 5.41) is 26.8. The molecule has 2 aliphatic carbocycles. The van der Waals surface area contributed by atoms with Crippen LogP contribution in [0.15, 0.2) is 77.9 Å². The van der Waals surface area contributed by atoms with Crippen LogP contribution in [-0.2, 0) is 24.2 Å². The second-order valence-corrected chi connectivity index (χ2v) is 6.80. The molecule has 1 aromatic rings. The average Bonchev–Trinajstić information content (AvgIpc) is 3.38. The van der Waals surface area contributed by atoms with Gasteiger partial charge in [0.2, 0.25) is 0 Å². The van der Waals surface area contributed by atoms with Crippen molar-refractivity contribution in [3.8, 4) is 0 Å². The van der Waals surface area contributed by atoms with Gasteiger partial charge in [0.25, 0.3) is 0 Å². The van der Waals surface area contributed by atoms with Gasteiger partial charge in [0, 0.05) is 0 Å². The van der Waals surface area contributed by atoms with Gasteiger partial charge in [-0.25, -0.2) is 0 Å². The third-order valence-corrected chi connectivity index (χ3v) is 5.17. The molecule has 0 spiro atoms. The van der Waals surface area contributed by atoms with Crippen molar-refractivity contribution < 1.29 is 35.8 Å². The van der Waals surface area contributed by atoms with Crippen molar-refractivity contribution in [3.63, 3.8) is 0 Å². The molecule has 0 aliphatic heterocycles. The van der Waals surface area contributed by atoms with E-state index >= 15 is 0 Å². The van der Waals surface area contributed by atoms with E-state index in [2.05, 4.69) is 87.2 Å². The minimum absolute atomic E-state index is 0. The second-order valence-electron chi connectivity index (χ2n) is 5.63. The quantitative estimate of drug-likeness (QED) is 0.729. The zero-order valence-corrected chi connectivity index (χ0v) is 18.2. The van der Waals surface area contributed by atoms with E-state index in [4.69, 9.17) is 15.3 Å². The first-order valence-electron chi connectivity index (χ1n) is 9.33. The first kappa shape index (κ1) is 25.8. The van der Waals surface area contributed by atoms with Crippen molar-refractivity contribution in [1.29, 1.82) is 0 Å². The molecule has 27 heavy (non-hydrogen) atoms. The van der Waals surface area contributed by atoms with Crippen molar-refractivity contribution >= 4 is 0 Å². The van der Waals surface area contributed by atoms with E-state index in [1.54, 1.807) is 20.8 Å². The molecule has 3 rings (SSSR count). The molecule has 0 bridgehead atoms. The van der Waals surface area contributed by atoms with Gasteiger partial charge in [0.05, 0.1) is 0 Å². The fraction of sp³-hybridized carbons (Fsp3) is 0.391. The van der Waals surface area contributed by atoms with Crippen LogP contribution in [0.1, 0.15) is 39.2 Å². The molecule has 0 heterocycles. The normalized spacial score (nSPS) is 14.1. The maximum atomic E-state index is 8.93. The van der Waals surface area contributed by atoms with Gasteiger partial charge in [-0.15, -0.1) is 19.8 Å². The molecule has 0 amide bonds. The predicted molar refractivity (Wildman–Crippen MR) is 103 cm³/mol. The fourth-order valence-electron chi connectivity index (χ4n) is 2.72. The molecule has 3 nitrogen and oxygen atoms in total. The van der Waals surface area contributed by atoms with Gasteiger partial charge in [-0.2, -0.15) is 0 Å². The number of rotatable bonds is 3. The zero-order chi connectivity index (χ0) is 20.5. The Balaban J connectivity index is 0.000000643. The second kappa shape index (κ2) is 15.8. The summed E-state index contributed by atoms with van der Waals surface area (Å²) in [5.74, 6) is 0. The Labute approximate surface area is 176 Å². The van der Waals surface area contributed by atoms with Crippen LogP contribution in [0.5, 0.6) is 0 Å². The SMILES string of the molecule is CC[O-].CC[O-].CC[O-].[Ti+3][C](C1=CC=CC1)(C1=CC=CC1)c1ccccc1. The Bertz CT molecular complexity index is 581. The fourth-order valence-corrected chi connectivity index (χ4v) is 3.56. The van der Waals surface area contributed by atoms with E-state index in [-0.39, 0.29) is 23.5 Å². The predicted octanol–water partition coefficient (Wildman–Crippen LogP) is 2.30. The topological polar surface area (TPSA) is 69.2 Å². The summed E-state index contributed by atoms with van der Waals surface area (Å²) in [6, 6.07) is 10.9. The van der Waals surface area contributed by atoms with Crippen LogP contribution in [0.4, 0.5) is 0 Å². The van der Waals surface area contributed by atoms with E-state index in [9.17, 15) is 0 Å². The molecule has 0 saturated heterocycles. The Morgan fingerprint density at radius 2 is 1.15 bits per heavy atom. The molecule has 0 aromatic heterocycles. The minimum atomic E-state index is 0. The molecule has 0 N–H and O–H groups in total. The van der Waals surface area contributed by atoms with Crippen molar-refractivity contribution in [2.75, 3.05) is 19.8 Å². The van der Waals surface area contributed by atoms with Crippen molar-refractivity contribution in [2.24, 2.45) is 0 Å². The third-order valence-electron chi connectivity index (χ3n) is 3.71. The van der Waals surface area contributed by atoms with E-state index in [1.807, 2.05) is 0 Å². The van der Waals surface area contributed by atoms with Gasteiger partial charge in [-0.05, 0) is 0 Å². The first-order chi connectivity index (χ1) is 13.1. The number of benzene rings is 1. The molecule has 0 fully saturated rings. The molecule has 0 radical (unpaired) electrons. The molecule has 144 valence electrons. The van der Waals surface area contributed by atoms with E-state index in [0.717, 1.165) is 12.8 Å². The number of allylic oxidation sites excluding steroid dienone is 8. The Hall–Kier alpha value is -1.23. The average molecular weight is 402 g/mol. The third kappa shape index (κ3) is 8.55. The zero-order valence-electron chi connectivity index (χ0n) is 16.6. The van der Waals surface area contributed by atoms with Crippen molar-refractivity contribution in [3.05, 3.63) is 83.5 Å². The van der Waals surface area contributed by atoms with E-state index in [0.29, 0.717) is 0 Å². The van der Waals surface area contributed by atoms with Crippen LogP contribution in [0.2, 0.25) is 0 Å². The van der Waals surface area contributed by atoms with Gasteiger partial charge >= 0.3 is 120 Å². The Kier molecular flexibility index (Phi) is 15.1. The summed E-state index contributed by atoms with van der Waals surface area (Å²) in [6.07, 6.45) is 15.6. The summed E-state index contributed by atoms with van der Waals surface area (Å²) in [7, 11) is 0. The van der Waals surface area contributed by atoms with E-state index < -0.39 is 0 Å². The van der Waals surface area contributed by atoms with E-state index in [1.165, 1.54) is 16.7 Å². The van der Waals surface area contributed by atoms with Crippen molar-refractivity contribution in [2.45, 2.75) is 37.3 Å². The summed E-state index contributed by atoms with van der Waals surface area (Å²) < 4.78 is 0.0499. The van der Waals surface area contributed by atoms with Gasteiger partial charge in [0.15, 0.2) is 0 Å². The Morgan fingerprint density at radius 1 is 0.778 bits per heavy atom. The molecular formula is C23H30O3Ti. The van der Waals surface area contributed by atoms with Crippen LogP contribution in [-0.4, -0.2) is 19.8 Å². The van der Waals surface area contributed by atoms with Crippen LogP contribution in [0, 0.1) is 0 Å². The number of hydrogen-bond donors (Lipinski definition) is 0. The molecule has 0 saturated carbocycles. The van der Waals surface area contributed by atoms with Gasteiger partial charge in [0.1, 0.15) is 0 Å². The Morgan fingerprint density at radius 3 is 1.44 bits per heavy atom. The molecule has 0 atom stereocenters. The van der Waals surface area contributed by atoms with Crippen molar-refractivity contribution in [1.82, 2.24) is 0 Å². The summed E-state index contributed by atoms with van der Waals surface area (Å²) in [4.78, 5) is 0. The van der Waals surface area contributed by atoms with Crippen LogP contribution < -0.4 is 15.3 Å². The molecule has 4 heteroatoms.